The molecule has 0 aliphatic heterocycles. The first-order valence-corrected chi connectivity index (χ1v) is 18.5. The van der Waals surface area contributed by atoms with Gasteiger partial charge >= 0.3 is 0 Å². The maximum atomic E-state index is 2.54. The second kappa shape index (κ2) is 11.6. The SMILES string of the molecule is CC1(C)c2ccccc2-c2ccc(N(c3cc(-c4cccc5ccccc45)ccc3-c3ccccc3)c3cccc4c3sc3ccccc34)cc21. The molecular formula is C49H35NS. The molecule has 1 aliphatic carbocycles. The first-order chi connectivity index (χ1) is 25.1. The van der Waals surface area contributed by atoms with E-state index in [4.69, 9.17) is 0 Å². The number of rotatable bonds is 5. The lowest BCUT2D eigenvalue weighted by Gasteiger charge is -2.30. The number of benzene rings is 8. The molecule has 0 N–H and O–H groups in total. The summed E-state index contributed by atoms with van der Waals surface area (Å²) in [6.07, 6.45) is 0. The second-order valence-electron chi connectivity index (χ2n) is 14.1. The van der Waals surface area contributed by atoms with Crippen LogP contribution < -0.4 is 4.90 Å². The summed E-state index contributed by atoms with van der Waals surface area (Å²) in [6.45, 7) is 4.74. The summed E-state index contributed by atoms with van der Waals surface area (Å²) in [5.41, 5.74) is 13.6. The molecule has 242 valence electrons. The summed E-state index contributed by atoms with van der Waals surface area (Å²) < 4.78 is 2.59. The molecule has 1 heterocycles. The molecule has 1 aliphatic rings. The van der Waals surface area contributed by atoms with Crippen LogP contribution in [0.15, 0.2) is 176 Å². The van der Waals surface area contributed by atoms with Gasteiger partial charge in [0, 0.05) is 32.1 Å². The minimum absolute atomic E-state index is 0.121. The number of fused-ring (bicyclic) bond motifs is 7. The molecule has 10 rings (SSSR count). The van der Waals surface area contributed by atoms with Crippen LogP contribution in [-0.2, 0) is 5.41 Å². The molecule has 2 heteroatoms. The lowest BCUT2D eigenvalue weighted by molar-refractivity contribution is 0.660. The van der Waals surface area contributed by atoms with E-state index in [0.717, 1.165) is 11.4 Å². The number of hydrogen-bond donors (Lipinski definition) is 0. The van der Waals surface area contributed by atoms with Crippen molar-refractivity contribution in [2.24, 2.45) is 0 Å². The van der Waals surface area contributed by atoms with Gasteiger partial charge in [0.05, 0.1) is 16.1 Å². The van der Waals surface area contributed by atoms with Crippen molar-refractivity contribution in [1.82, 2.24) is 0 Å². The summed E-state index contributed by atoms with van der Waals surface area (Å²) >= 11 is 1.88. The Morgan fingerprint density at radius 3 is 2.00 bits per heavy atom. The maximum Gasteiger partial charge on any atom is 0.0640 e. The third-order valence-corrected chi connectivity index (χ3v) is 12.1. The van der Waals surface area contributed by atoms with Gasteiger partial charge in [-0.2, -0.15) is 0 Å². The van der Waals surface area contributed by atoms with Crippen molar-refractivity contribution in [2.75, 3.05) is 4.90 Å². The summed E-state index contributed by atoms with van der Waals surface area (Å²) in [7, 11) is 0. The Morgan fingerprint density at radius 1 is 0.431 bits per heavy atom. The van der Waals surface area contributed by atoms with Crippen LogP contribution in [0.1, 0.15) is 25.0 Å². The minimum atomic E-state index is -0.121. The van der Waals surface area contributed by atoms with E-state index in [0.29, 0.717) is 0 Å². The summed E-state index contributed by atoms with van der Waals surface area (Å²) in [5.74, 6) is 0. The van der Waals surface area contributed by atoms with Gasteiger partial charge in [-0.15, -0.1) is 11.3 Å². The van der Waals surface area contributed by atoms with Gasteiger partial charge in [0.1, 0.15) is 0 Å². The molecule has 0 atom stereocenters. The van der Waals surface area contributed by atoms with Crippen LogP contribution in [0.5, 0.6) is 0 Å². The lowest BCUT2D eigenvalue weighted by Crippen LogP contribution is -2.17. The molecular weight excluding hydrogens is 635 g/mol. The van der Waals surface area contributed by atoms with Crippen molar-refractivity contribution in [3.63, 3.8) is 0 Å². The van der Waals surface area contributed by atoms with E-state index in [2.05, 4.69) is 195 Å². The molecule has 1 aromatic heterocycles. The largest absolute Gasteiger partial charge is 0.308 e. The van der Waals surface area contributed by atoms with Gasteiger partial charge in [-0.1, -0.05) is 159 Å². The first-order valence-electron chi connectivity index (χ1n) is 17.7. The molecule has 0 unspecified atom stereocenters. The fourth-order valence-corrected chi connectivity index (χ4v) is 9.58. The van der Waals surface area contributed by atoms with Crippen molar-refractivity contribution >= 4 is 59.3 Å². The summed E-state index contributed by atoms with van der Waals surface area (Å²) in [6, 6.07) is 64.9. The summed E-state index contributed by atoms with van der Waals surface area (Å²) in [5, 5.41) is 5.10. The van der Waals surface area contributed by atoms with Crippen molar-refractivity contribution < 1.29 is 0 Å². The van der Waals surface area contributed by atoms with E-state index < -0.39 is 0 Å². The number of anilines is 3. The molecule has 51 heavy (non-hydrogen) atoms. The zero-order valence-electron chi connectivity index (χ0n) is 28.6. The topological polar surface area (TPSA) is 3.24 Å². The summed E-state index contributed by atoms with van der Waals surface area (Å²) in [4.78, 5) is 2.54. The molecule has 0 spiro atoms. The Morgan fingerprint density at radius 2 is 1.10 bits per heavy atom. The predicted octanol–water partition coefficient (Wildman–Crippen LogP) is 14.3. The highest BCUT2D eigenvalue weighted by Crippen LogP contribution is 2.53. The highest BCUT2D eigenvalue weighted by Gasteiger charge is 2.36. The first kappa shape index (κ1) is 29.9. The van der Waals surface area contributed by atoms with Crippen LogP contribution >= 0.6 is 11.3 Å². The van der Waals surface area contributed by atoms with Gasteiger partial charge < -0.3 is 4.90 Å². The van der Waals surface area contributed by atoms with Gasteiger partial charge in [-0.05, 0) is 80.0 Å². The van der Waals surface area contributed by atoms with Crippen LogP contribution in [0.2, 0.25) is 0 Å². The van der Waals surface area contributed by atoms with Crippen molar-refractivity contribution in [2.45, 2.75) is 19.3 Å². The third kappa shape index (κ3) is 4.67. The molecule has 0 fully saturated rings. The van der Waals surface area contributed by atoms with E-state index in [1.807, 2.05) is 11.3 Å². The predicted molar refractivity (Wildman–Crippen MR) is 220 cm³/mol. The van der Waals surface area contributed by atoms with Gasteiger partial charge in [-0.25, -0.2) is 0 Å². The van der Waals surface area contributed by atoms with Gasteiger partial charge in [-0.3, -0.25) is 0 Å². The average molecular weight is 670 g/mol. The molecule has 0 bridgehead atoms. The third-order valence-electron chi connectivity index (χ3n) is 10.9. The molecule has 8 aromatic carbocycles. The van der Waals surface area contributed by atoms with E-state index in [-0.39, 0.29) is 5.41 Å². The molecule has 0 saturated carbocycles. The maximum absolute atomic E-state index is 2.54. The molecule has 1 nitrogen and oxygen atoms in total. The number of thiophene rings is 1. The minimum Gasteiger partial charge on any atom is -0.308 e. The normalized spacial score (nSPS) is 13.1. The van der Waals surface area contributed by atoms with E-state index >= 15 is 0 Å². The fraction of sp³-hybridized carbons (Fsp3) is 0.0612. The van der Waals surface area contributed by atoms with Crippen molar-refractivity contribution in [3.05, 3.63) is 187 Å². The highest BCUT2D eigenvalue weighted by molar-refractivity contribution is 7.26. The fourth-order valence-electron chi connectivity index (χ4n) is 8.37. The zero-order chi connectivity index (χ0) is 34.1. The van der Waals surface area contributed by atoms with Crippen LogP contribution in [0.3, 0.4) is 0 Å². The Labute approximate surface area is 302 Å². The van der Waals surface area contributed by atoms with E-state index in [1.54, 1.807) is 0 Å². The van der Waals surface area contributed by atoms with Gasteiger partial charge in [0.15, 0.2) is 0 Å². The second-order valence-corrected chi connectivity index (χ2v) is 15.2. The van der Waals surface area contributed by atoms with Crippen LogP contribution in [-0.4, -0.2) is 0 Å². The molecule has 0 saturated heterocycles. The Hall–Kier alpha value is -5.96. The Bertz CT molecular complexity index is 2780. The standard InChI is InChI=1S/C49H35NS/c1-49(2)43-23-10-8-19-39(43)40-29-27-35(31-44(40)49)50(45-24-13-22-42-41-20-9-11-25-47(41)51-48(42)45)46-30-34(26-28-38(46)33-14-4-3-5-15-33)37-21-12-17-32-16-6-7-18-36(32)37/h3-31H,1-2H3. The van der Waals surface area contributed by atoms with Crippen molar-refractivity contribution in [1.29, 1.82) is 0 Å². The number of nitrogens with zero attached hydrogens (tertiary/aromatic N) is 1. The van der Waals surface area contributed by atoms with E-state index in [9.17, 15) is 0 Å². The molecule has 9 aromatic rings. The van der Waals surface area contributed by atoms with Crippen molar-refractivity contribution in [3.8, 4) is 33.4 Å². The van der Waals surface area contributed by atoms with Gasteiger partial charge in [0.25, 0.3) is 0 Å². The van der Waals surface area contributed by atoms with Crippen LogP contribution in [0, 0.1) is 0 Å². The number of hydrogen-bond acceptors (Lipinski definition) is 2. The average Bonchev–Trinajstić information content (AvgIpc) is 3.68. The monoisotopic (exact) mass is 669 g/mol. The zero-order valence-corrected chi connectivity index (χ0v) is 29.4. The highest BCUT2D eigenvalue weighted by atomic mass is 32.1. The molecule has 0 amide bonds. The Balaban J connectivity index is 1.29. The smallest absolute Gasteiger partial charge is 0.0640 e. The van der Waals surface area contributed by atoms with Crippen LogP contribution in [0.25, 0.3) is 64.3 Å². The Kier molecular flexibility index (Phi) is 6.78. The lowest BCUT2D eigenvalue weighted by atomic mass is 9.82. The van der Waals surface area contributed by atoms with Gasteiger partial charge in [0.2, 0.25) is 0 Å². The quantitative estimate of drug-likeness (QED) is 0.176. The molecule has 0 radical (unpaired) electrons. The van der Waals surface area contributed by atoms with E-state index in [1.165, 1.54) is 81.1 Å². The van der Waals surface area contributed by atoms with Crippen LogP contribution in [0.4, 0.5) is 17.1 Å².